The first-order chi connectivity index (χ1) is 14.9. The molecule has 4 aromatic rings. The highest BCUT2D eigenvalue weighted by Gasteiger charge is 2.28. The van der Waals surface area contributed by atoms with E-state index in [1.807, 2.05) is 29.5 Å². The van der Waals surface area contributed by atoms with Crippen LogP contribution in [0.15, 0.2) is 58.5 Å². The Bertz CT molecular complexity index is 1270. The van der Waals surface area contributed by atoms with Gasteiger partial charge in [0.1, 0.15) is 5.75 Å². The zero-order valence-corrected chi connectivity index (χ0v) is 17.4. The van der Waals surface area contributed by atoms with Crippen molar-refractivity contribution in [2.75, 3.05) is 6.61 Å². The molecule has 162 valence electrons. The van der Waals surface area contributed by atoms with Crippen LogP contribution < -0.4 is 10.3 Å². The predicted molar refractivity (Wildman–Crippen MR) is 113 cm³/mol. The van der Waals surface area contributed by atoms with E-state index in [9.17, 15) is 18.0 Å². The largest absolute Gasteiger partial charge is 0.484 e. The average molecular weight is 448 g/mol. The number of para-hydroxylation sites is 1. The average Bonchev–Trinajstić information content (AvgIpc) is 3.18. The molecule has 0 spiro atoms. The number of thioether (sulfide) groups is 1. The van der Waals surface area contributed by atoms with Gasteiger partial charge >= 0.3 is 6.18 Å². The van der Waals surface area contributed by atoms with Crippen LogP contribution in [0.2, 0.25) is 0 Å². The number of aryl methyl sites for hydroxylation is 1. The summed E-state index contributed by atoms with van der Waals surface area (Å²) >= 11 is 1.43. The molecular weight excluding hydrogens is 429 g/mol. The van der Waals surface area contributed by atoms with E-state index in [4.69, 9.17) is 4.74 Å². The van der Waals surface area contributed by atoms with Crippen molar-refractivity contribution in [3.8, 4) is 5.75 Å². The van der Waals surface area contributed by atoms with Gasteiger partial charge in [-0.25, -0.2) is 0 Å². The van der Waals surface area contributed by atoms with Gasteiger partial charge in [0.25, 0.3) is 5.56 Å². The zero-order chi connectivity index (χ0) is 22.0. The second-order valence-electron chi connectivity index (χ2n) is 6.93. The van der Waals surface area contributed by atoms with Gasteiger partial charge in [0, 0.05) is 12.3 Å². The quantitative estimate of drug-likeness (QED) is 0.384. The Kier molecular flexibility index (Phi) is 5.90. The summed E-state index contributed by atoms with van der Waals surface area (Å²) in [5.74, 6) is 1.18. The first kappa shape index (κ1) is 21.2. The summed E-state index contributed by atoms with van der Waals surface area (Å²) in [6, 6.07) is 13.8. The highest BCUT2D eigenvalue weighted by Crippen LogP contribution is 2.26. The maximum Gasteiger partial charge on any atom is 0.422 e. The van der Waals surface area contributed by atoms with Crippen LogP contribution in [-0.4, -0.2) is 31.9 Å². The van der Waals surface area contributed by atoms with Crippen molar-refractivity contribution in [2.45, 2.75) is 37.0 Å². The minimum Gasteiger partial charge on any atom is -0.484 e. The van der Waals surface area contributed by atoms with Crippen LogP contribution in [0.1, 0.15) is 18.9 Å². The lowest BCUT2D eigenvalue weighted by Crippen LogP contribution is -2.23. The molecule has 0 fully saturated rings. The van der Waals surface area contributed by atoms with E-state index < -0.39 is 12.8 Å². The molecule has 0 radical (unpaired) electrons. The fourth-order valence-corrected chi connectivity index (χ4v) is 4.14. The number of hydrogen-bond acceptors (Lipinski definition) is 5. The van der Waals surface area contributed by atoms with Crippen LogP contribution in [0, 0.1) is 0 Å². The lowest BCUT2D eigenvalue weighted by Gasteiger charge is -2.11. The maximum absolute atomic E-state index is 12.9. The van der Waals surface area contributed by atoms with Gasteiger partial charge in [0.05, 0.1) is 10.9 Å². The molecule has 6 nitrogen and oxygen atoms in total. The summed E-state index contributed by atoms with van der Waals surface area (Å²) < 4.78 is 45.1. The third kappa shape index (κ3) is 4.53. The van der Waals surface area contributed by atoms with Gasteiger partial charge in [0.15, 0.2) is 11.8 Å². The van der Waals surface area contributed by atoms with Gasteiger partial charge in [-0.2, -0.15) is 13.2 Å². The normalized spacial score (nSPS) is 12.0. The molecule has 0 atom stereocenters. The molecule has 0 saturated carbocycles. The molecule has 10 heteroatoms. The SMILES string of the molecule is CCCn1c(=O)c2ccccc2n2c(SCc3ccc(OCC(F)(F)F)cc3)nnc12. The third-order valence-corrected chi connectivity index (χ3v) is 5.62. The van der Waals surface area contributed by atoms with Crippen molar-refractivity contribution in [1.82, 2.24) is 19.2 Å². The Morgan fingerprint density at radius 3 is 2.52 bits per heavy atom. The Balaban J connectivity index is 1.60. The maximum atomic E-state index is 12.9. The molecule has 2 heterocycles. The van der Waals surface area contributed by atoms with Crippen LogP contribution in [-0.2, 0) is 12.3 Å². The highest BCUT2D eigenvalue weighted by atomic mass is 32.2. The summed E-state index contributed by atoms with van der Waals surface area (Å²) in [6.45, 7) is 1.21. The van der Waals surface area contributed by atoms with Crippen LogP contribution in [0.3, 0.4) is 0 Å². The Morgan fingerprint density at radius 1 is 1.06 bits per heavy atom. The first-order valence-corrected chi connectivity index (χ1v) is 10.6. The summed E-state index contributed by atoms with van der Waals surface area (Å²) in [7, 11) is 0. The number of fused-ring (bicyclic) bond motifs is 3. The number of benzene rings is 2. The summed E-state index contributed by atoms with van der Waals surface area (Å²) in [4.78, 5) is 12.9. The smallest absolute Gasteiger partial charge is 0.422 e. The number of hydrogen-bond donors (Lipinski definition) is 0. The summed E-state index contributed by atoms with van der Waals surface area (Å²) in [5, 5.41) is 9.76. The molecule has 0 aliphatic heterocycles. The number of ether oxygens (including phenoxy) is 1. The summed E-state index contributed by atoms with van der Waals surface area (Å²) in [5.41, 5.74) is 1.54. The number of aromatic nitrogens is 4. The minimum absolute atomic E-state index is 0.0941. The minimum atomic E-state index is -4.37. The van der Waals surface area contributed by atoms with Crippen molar-refractivity contribution < 1.29 is 17.9 Å². The van der Waals surface area contributed by atoms with Crippen LogP contribution in [0.4, 0.5) is 13.2 Å². The molecule has 0 unspecified atom stereocenters. The van der Waals surface area contributed by atoms with Gasteiger partial charge in [-0.3, -0.25) is 13.8 Å². The van der Waals surface area contributed by atoms with Crippen LogP contribution in [0.5, 0.6) is 5.75 Å². The third-order valence-electron chi connectivity index (χ3n) is 4.62. The highest BCUT2D eigenvalue weighted by molar-refractivity contribution is 7.98. The van der Waals surface area contributed by atoms with E-state index in [1.165, 1.54) is 23.9 Å². The number of nitrogens with zero attached hydrogens (tertiary/aromatic N) is 4. The Morgan fingerprint density at radius 2 is 1.81 bits per heavy atom. The number of halogens is 3. The van der Waals surface area contributed by atoms with E-state index in [2.05, 4.69) is 10.2 Å². The zero-order valence-electron chi connectivity index (χ0n) is 16.6. The Labute approximate surface area is 179 Å². The van der Waals surface area contributed by atoms with E-state index in [1.54, 1.807) is 22.8 Å². The lowest BCUT2D eigenvalue weighted by molar-refractivity contribution is -0.153. The molecule has 31 heavy (non-hydrogen) atoms. The second kappa shape index (κ2) is 8.62. The predicted octanol–water partition coefficient (Wildman–Crippen LogP) is 4.69. The molecule has 0 N–H and O–H groups in total. The molecule has 4 rings (SSSR count). The van der Waals surface area contributed by atoms with Gasteiger partial charge in [-0.1, -0.05) is 43.0 Å². The van der Waals surface area contributed by atoms with Crippen molar-refractivity contribution in [2.24, 2.45) is 0 Å². The molecule has 2 aromatic heterocycles. The molecular formula is C21H19F3N4O2S. The molecule has 2 aromatic carbocycles. The lowest BCUT2D eigenvalue weighted by atomic mass is 10.2. The fraction of sp³-hybridized carbons (Fsp3) is 0.286. The van der Waals surface area contributed by atoms with E-state index >= 15 is 0 Å². The van der Waals surface area contributed by atoms with E-state index in [-0.39, 0.29) is 11.3 Å². The van der Waals surface area contributed by atoms with Crippen LogP contribution >= 0.6 is 11.8 Å². The Hall–Kier alpha value is -3.01. The summed E-state index contributed by atoms with van der Waals surface area (Å²) in [6.07, 6.45) is -3.59. The number of alkyl halides is 3. The van der Waals surface area contributed by atoms with Gasteiger partial charge < -0.3 is 4.74 Å². The van der Waals surface area contributed by atoms with Crippen molar-refractivity contribution in [3.05, 3.63) is 64.4 Å². The van der Waals surface area contributed by atoms with Crippen LogP contribution in [0.25, 0.3) is 16.7 Å². The van der Waals surface area contributed by atoms with Crippen molar-refractivity contribution >= 4 is 28.4 Å². The fourth-order valence-electron chi connectivity index (χ4n) is 3.25. The first-order valence-electron chi connectivity index (χ1n) is 9.65. The standard InChI is InChI=1S/C21H19F3N4O2S/c1-2-11-27-18(29)16-5-3-4-6-17(16)28-19(27)25-26-20(28)31-12-14-7-9-15(10-8-14)30-13-21(22,23)24/h3-10H,2,11-13H2,1H3. The van der Waals surface area contributed by atoms with Gasteiger partial charge in [-0.15, -0.1) is 10.2 Å². The topological polar surface area (TPSA) is 61.4 Å². The van der Waals surface area contributed by atoms with E-state index in [0.717, 1.165) is 17.5 Å². The molecule has 0 amide bonds. The van der Waals surface area contributed by atoms with Crippen molar-refractivity contribution in [1.29, 1.82) is 0 Å². The second-order valence-corrected chi connectivity index (χ2v) is 7.87. The number of rotatable bonds is 7. The molecule has 0 saturated heterocycles. The molecule has 0 bridgehead atoms. The monoisotopic (exact) mass is 448 g/mol. The van der Waals surface area contributed by atoms with Gasteiger partial charge in [-0.05, 0) is 36.2 Å². The van der Waals surface area contributed by atoms with Gasteiger partial charge in [0.2, 0.25) is 5.78 Å². The van der Waals surface area contributed by atoms with Crippen molar-refractivity contribution in [3.63, 3.8) is 0 Å². The molecule has 0 aliphatic rings. The molecule has 0 aliphatic carbocycles. The van der Waals surface area contributed by atoms with E-state index in [0.29, 0.717) is 28.6 Å².